The Kier molecular flexibility index (Phi) is 4.45. The van der Waals surface area contributed by atoms with Gasteiger partial charge in [-0.3, -0.25) is 4.79 Å². The number of amides is 3. The highest BCUT2D eigenvalue weighted by molar-refractivity contribution is 5.94. The van der Waals surface area contributed by atoms with Crippen molar-refractivity contribution in [3.8, 4) is 11.1 Å². The van der Waals surface area contributed by atoms with E-state index in [-0.39, 0.29) is 23.2 Å². The van der Waals surface area contributed by atoms with Crippen LogP contribution in [0.4, 0.5) is 20.6 Å². The topological polar surface area (TPSA) is 78.7 Å². The van der Waals surface area contributed by atoms with Crippen LogP contribution in [0.25, 0.3) is 11.1 Å². The summed E-state index contributed by atoms with van der Waals surface area (Å²) < 4.78 is 13.1. The molecule has 2 aliphatic heterocycles. The first-order valence-electron chi connectivity index (χ1n) is 9.32. The van der Waals surface area contributed by atoms with Gasteiger partial charge in [-0.15, -0.1) is 0 Å². The van der Waals surface area contributed by atoms with Gasteiger partial charge >= 0.3 is 6.03 Å². The Balaban J connectivity index is 1.42. The van der Waals surface area contributed by atoms with Crippen molar-refractivity contribution < 1.29 is 14.0 Å². The minimum Gasteiger partial charge on any atom is -0.397 e. The van der Waals surface area contributed by atoms with Crippen LogP contribution in [0.2, 0.25) is 0 Å². The second kappa shape index (κ2) is 6.82. The molecule has 3 N–H and O–H groups in total. The maximum atomic E-state index is 13.1. The Morgan fingerprint density at radius 2 is 1.68 bits per heavy atom. The van der Waals surface area contributed by atoms with Crippen LogP contribution in [0.1, 0.15) is 13.3 Å². The summed E-state index contributed by atoms with van der Waals surface area (Å²) in [6, 6.07) is 11.3. The number of nitrogens with zero attached hydrogens (tertiary/aromatic N) is 2. The summed E-state index contributed by atoms with van der Waals surface area (Å²) in [5, 5.41) is 2.88. The molecule has 0 bridgehead atoms. The molecule has 1 spiro atoms. The molecule has 2 aliphatic rings. The Bertz CT molecular complexity index is 923. The summed E-state index contributed by atoms with van der Waals surface area (Å²) in [7, 11) is 0. The van der Waals surface area contributed by atoms with E-state index < -0.39 is 0 Å². The molecule has 2 aromatic carbocycles. The van der Waals surface area contributed by atoms with Crippen molar-refractivity contribution in [1.29, 1.82) is 0 Å². The number of halogens is 1. The number of hydrogen-bond donors (Lipinski definition) is 2. The summed E-state index contributed by atoms with van der Waals surface area (Å²) >= 11 is 0. The molecular weight excluding hydrogens is 359 g/mol. The first-order valence-corrected chi connectivity index (χ1v) is 9.32. The highest BCUT2D eigenvalue weighted by Crippen LogP contribution is 2.40. The standard InChI is InChI=1S/C21H23FN4O2/c1-14(27)25-9-8-21(11-25)12-26(13-21)20(28)24-19-10-16(4-7-18(19)23)15-2-5-17(22)6-3-15/h2-7,10H,8-9,11-13,23H2,1H3,(H,24,28). The van der Waals surface area contributed by atoms with E-state index in [1.54, 1.807) is 36.1 Å². The number of anilines is 2. The maximum absolute atomic E-state index is 13.1. The summed E-state index contributed by atoms with van der Waals surface area (Å²) in [5.74, 6) is -0.208. The third-order valence-corrected chi connectivity index (χ3v) is 5.70. The van der Waals surface area contributed by atoms with Crippen molar-refractivity contribution in [3.05, 3.63) is 48.3 Å². The van der Waals surface area contributed by atoms with Crippen molar-refractivity contribution in [2.75, 3.05) is 37.2 Å². The second-order valence-electron chi connectivity index (χ2n) is 7.79. The molecule has 7 heteroatoms. The van der Waals surface area contributed by atoms with Gasteiger partial charge in [0.1, 0.15) is 5.82 Å². The average Bonchev–Trinajstić information content (AvgIpc) is 3.09. The molecule has 0 aliphatic carbocycles. The van der Waals surface area contributed by atoms with Gasteiger partial charge in [-0.1, -0.05) is 18.2 Å². The monoisotopic (exact) mass is 382 g/mol. The highest BCUT2D eigenvalue weighted by Gasteiger charge is 2.49. The fourth-order valence-electron chi connectivity index (χ4n) is 4.05. The lowest BCUT2D eigenvalue weighted by molar-refractivity contribution is -0.128. The van der Waals surface area contributed by atoms with Crippen LogP contribution in [-0.2, 0) is 4.79 Å². The van der Waals surface area contributed by atoms with E-state index in [1.165, 1.54) is 12.1 Å². The number of benzene rings is 2. The molecule has 0 unspecified atom stereocenters. The first-order chi connectivity index (χ1) is 13.3. The van der Waals surface area contributed by atoms with Gasteiger partial charge in [0.15, 0.2) is 0 Å². The number of rotatable bonds is 2. The minimum atomic E-state index is -0.297. The van der Waals surface area contributed by atoms with Gasteiger partial charge in [0.25, 0.3) is 0 Å². The van der Waals surface area contributed by atoms with Crippen LogP contribution in [0.15, 0.2) is 42.5 Å². The molecule has 4 rings (SSSR count). The zero-order valence-corrected chi connectivity index (χ0v) is 15.7. The zero-order valence-electron chi connectivity index (χ0n) is 15.7. The summed E-state index contributed by atoms with van der Waals surface area (Å²) in [6.07, 6.45) is 0.929. The second-order valence-corrected chi connectivity index (χ2v) is 7.79. The average molecular weight is 382 g/mol. The first kappa shape index (κ1) is 18.3. The van der Waals surface area contributed by atoms with E-state index in [4.69, 9.17) is 5.73 Å². The van der Waals surface area contributed by atoms with Crippen LogP contribution in [0.3, 0.4) is 0 Å². The quantitative estimate of drug-likeness (QED) is 0.783. The van der Waals surface area contributed by atoms with Gasteiger partial charge in [-0.25, -0.2) is 9.18 Å². The number of nitrogens with one attached hydrogen (secondary N) is 1. The van der Waals surface area contributed by atoms with Crippen LogP contribution in [0, 0.1) is 11.2 Å². The van der Waals surface area contributed by atoms with Crippen molar-refractivity contribution in [3.63, 3.8) is 0 Å². The van der Waals surface area contributed by atoms with Gasteiger partial charge in [0.2, 0.25) is 5.91 Å². The fraction of sp³-hybridized carbons (Fsp3) is 0.333. The van der Waals surface area contributed by atoms with Crippen LogP contribution >= 0.6 is 0 Å². The lowest BCUT2D eigenvalue weighted by Gasteiger charge is -2.47. The van der Waals surface area contributed by atoms with Gasteiger partial charge in [-0.05, 0) is 41.8 Å². The van der Waals surface area contributed by atoms with Gasteiger partial charge in [0.05, 0.1) is 11.4 Å². The van der Waals surface area contributed by atoms with Crippen molar-refractivity contribution in [1.82, 2.24) is 9.80 Å². The number of nitrogens with two attached hydrogens (primary N) is 1. The summed E-state index contributed by atoms with van der Waals surface area (Å²) in [5.41, 5.74) is 8.75. The Morgan fingerprint density at radius 1 is 1.04 bits per heavy atom. The van der Waals surface area contributed by atoms with E-state index in [0.717, 1.165) is 24.1 Å². The van der Waals surface area contributed by atoms with E-state index in [0.29, 0.717) is 31.0 Å². The van der Waals surface area contributed by atoms with Crippen LogP contribution in [0.5, 0.6) is 0 Å². The molecule has 6 nitrogen and oxygen atoms in total. The van der Waals surface area contributed by atoms with Crippen LogP contribution in [-0.4, -0.2) is 47.9 Å². The number of urea groups is 1. The van der Waals surface area contributed by atoms with E-state index in [9.17, 15) is 14.0 Å². The number of carbonyl (C=O) groups is 2. The van der Waals surface area contributed by atoms with Crippen molar-refractivity contribution in [2.24, 2.45) is 5.41 Å². The molecule has 28 heavy (non-hydrogen) atoms. The van der Waals surface area contributed by atoms with E-state index in [1.807, 2.05) is 11.0 Å². The predicted octanol–water partition coefficient (Wildman–Crippen LogP) is 3.16. The van der Waals surface area contributed by atoms with Crippen LogP contribution < -0.4 is 11.1 Å². The molecule has 2 aromatic rings. The molecular formula is C21H23FN4O2. The Labute approximate surface area is 163 Å². The van der Waals surface area contributed by atoms with E-state index in [2.05, 4.69) is 5.32 Å². The number of carbonyl (C=O) groups excluding carboxylic acids is 2. The van der Waals surface area contributed by atoms with Gasteiger partial charge in [-0.2, -0.15) is 0 Å². The lowest BCUT2D eigenvalue weighted by Crippen LogP contribution is -2.60. The lowest BCUT2D eigenvalue weighted by atomic mass is 9.79. The van der Waals surface area contributed by atoms with Gasteiger partial charge < -0.3 is 20.9 Å². The largest absolute Gasteiger partial charge is 0.397 e. The third kappa shape index (κ3) is 3.40. The molecule has 0 atom stereocenters. The smallest absolute Gasteiger partial charge is 0.321 e. The molecule has 0 aromatic heterocycles. The molecule has 146 valence electrons. The summed E-state index contributed by atoms with van der Waals surface area (Å²) in [6.45, 7) is 4.34. The maximum Gasteiger partial charge on any atom is 0.321 e. The number of nitrogen functional groups attached to an aromatic ring is 1. The number of hydrogen-bond acceptors (Lipinski definition) is 3. The fourth-order valence-corrected chi connectivity index (χ4v) is 4.05. The van der Waals surface area contributed by atoms with Crippen molar-refractivity contribution >= 4 is 23.3 Å². The Morgan fingerprint density at radius 3 is 2.32 bits per heavy atom. The summed E-state index contributed by atoms with van der Waals surface area (Å²) in [4.78, 5) is 27.7. The molecule has 0 saturated carbocycles. The third-order valence-electron chi connectivity index (χ3n) is 5.70. The molecule has 3 amide bonds. The molecule has 2 heterocycles. The highest BCUT2D eigenvalue weighted by atomic mass is 19.1. The van der Waals surface area contributed by atoms with E-state index >= 15 is 0 Å². The molecule has 0 radical (unpaired) electrons. The molecule has 2 saturated heterocycles. The van der Waals surface area contributed by atoms with Gasteiger partial charge in [0, 0.05) is 38.5 Å². The van der Waals surface area contributed by atoms with Crippen molar-refractivity contribution in [2.45, 2.75) is 13.3 Å². The molecule has 2 fully saturated rings. The normalized spacial score (nSPS) is 17.5. The predicted molar refractivity (Wildman–Crippen MR) is 106 cm³/mol. The SMILES string of the molecule is CC(=O)N1CCC2(C1)CN(C(=O)Nc1cc(-c3ccc(F)cc3)ccc1N)C2. The Hall–Kier alpha value is -3.09. The number of likely N-dealkylation sites (tertiary alicyclic amines) is 2. The minimum absolute atomic E-state index is 0.0323. The zero-order chi connectivity index (χ0) is 19.9.